The molecule has 0 unspecified atom stereocenters. The summed E-state index contributed by atoms with van der Waals surface area (Å²) >= 11 is 1.87. The molecule has 8 heteroatoms. The third-order valence-electron chi connectivity index (χ3n) is 4.78. The van der Waals surface area contributed by atoms with Gasteiger partial charge in [0.2, 0.25) is 0 Å². The SMILES string of the molecule is Nc1nc2cc(-c3ccn[nH]3)ccc2c2nn(CCCNSC3CC3)cc12. The van der Waals surface area contributed by atoms with Crippen LogP contribution >= 0.6 is 11.9 Å². The number of aromatic nitrogens is 5. The number of benzene rings is 1. The van der Waals surface area contributed by atoms with Crippen molar-refractivity contribution in [3.8, 4) is 11.3 Å². The minimum Gasteiger partial charge on any atom is -0.383 e. The van der Waals surface area contributed by atoms with Gasteiger partial charge in [0, 0.05) is 41.7 Å². The van der Waals surface area contributed by atoms with Crippen LogP contribution in [0.4, 0.5) is 5.82 Å². The van der Waals surface area contributed by atoms with Crippen LogP contribution in [0.3, 0.4) is 0 Å². The van der Waals surface area contributed by atoms with E-state index in [1.165, 1.54) is 12.8 Å². The summed E-state index contributed by atoms with van der Waals surface area (Å²) in [6.45, 7) is 1.85. The molecule has 4 aromatic rings. The fourth-order valence-electron chi connectivity index (χ4n) is 3.20. The molecule has 138 valence electrons. The van der Waals surface area contributed by atoms with E-state index in [1.807, 2.05) is 35.0 Å². The number of fused-ring (bicyclic) bond motifs is 3. The van der Waals surface area contributed by atoms with Gasteiger partial charge in [-0.2, -0.15) is 10.2 Å². The lowest BCUT2D eigenvalue weighted by Crippen LogP contribution is -2.10. The molecule has 1 aliphatic rings. The molecule has 1 fully saturated rings. The van der Waals surface area contributed by atoms with Gasteiger partial charge in [-0.15, -0.1) is 0 Å². The maximum absolute atomic E-state index is 6.22. The largest absolute Gasteiger partial charge is 0.383 e. The summed E-state index contributed by atoms with van der Waals surface area (Å²) in [6.07, 6.45) is 7.48. The van der Waals surface area contributed by atoms with E-state index in [9.17, 15) is 0 Å². The highest BCUT2D eigenvalue weighted by atomic mass is 32.2. The van der Waals surface area contributed by atoms with Gasteiger partial charge in [0.1, 0.15) is 11.3 Å². The number of pyridine rings is 1. The molecule has 0 amide bonds. The van der Waals surface area contributed by atoms with E-state index in [0.717, 1.165) is 57.8 Å². The van der Waals surface area contributed by atoms with Crippen molar-refractivity contribution < 1.29 is 0 Å². The molecule has 3 heterocycles. The Morgan fingerprint density at radius 3 is 3.00 bits per heavy atom. The summed E-state index contributed by atoms with van der Waals surface area (Å²) in [4.78, 5) is 4.60. The molecule has 0 saturated heterocycles. The molecule has 3 aromatic heterocycles. The Bertz CT molecular complexity index is 1080. The monoisotopic (exact) mass is 379 g/mol. The normalized spacial score (nSPS) is 14.4. The highest BCUT2D eigenvalue weighted by Gasteiger charge is 2.21. The predicted octanol–water partition coefficient (Wildman–Crippen LogP) is 3.35. The number of nitrogens with two attached hydrogens (primary N) is 1. The standard InChI is InChI=1S/C19H21N7S/c20-19-15-11-26(9-1-7-22-27-13-3-4-13)25-18(15)14-5-2-12(10-17(14)23-19)16-6-8-21-24-16/h2,5-6,8,10-11,13,22H,1,3-4,7,9H2,(H2,20,23)(H,21,24). The Labute approximate surface area is 160 Å². The minimum absolute atomic E-state index is 0.521. The highest BCUT2D eigenvalue weighted by molar-refractivity contribution is 7.98. The molecule has 5 rings (SSSR count). The number of hydrogen-bond donors (Lipinski definition) is 3. The van der Waals surface area contributed by atoms with Gasteiger partial charge in [-0.25, -0.2) is 4.98 Å². The van der Waals surface area contributed by atoms with Crippen molar-refractivity contribution in [2.24, 2.45) is 0 Å². The number of aryl methyl sites for hydroxylation is 1. The molecule has 27 heavy (non-hydrogen) atoms. The first-order chi connectivity index (χ1) is 13.3. The zero-order valence-corrected chi connectivity index (χ0v) is 15.7. The average molecular weight is 379 g/mol. The Balaban J connectivity index is 1.40. The number of anilines is 1. The number of nitrogens with zero attached hydrogens (tertiary/aromatic N) is 4. The third kappa shape index (κ3) is 3.38. The molecule has 0 atom stereocenters. The molecule has 0 spiro atoms. The third-order valence-corrected chi connectivity index (χ3v) is 5.96. The second kappa shape index (κ2) is 6.86. The molecule has 1 aliphatic carbocycles. The van der Waals surface area contributed by atoms with Gasteiger partial charge in [0.15, 0.2) is 0 Å². The lowest BCUT2D eigenvalue weighted by atomic mass is 10.1. The Morgan fingerprint density at radius 1 is 1.26 bits per heavy atom. The Hall–Kier alpha value is -2.58. The van der Waals surface area contributed by atoms with Crippen LogP contribution in [0, 0.1) is 0 Å². The molecule has 1 aromatic carbocycles. The molecular formula is C19H21N7S. The number of aromatic amines is 1. The molecule has 0 radical (unpaired) electrons. The number of H-pyrrole nitrogens is 1. The lowest BCUT2D eigenvalue weighted by Gasteiger charge is -2.04. The van der Waals surface area contributed by atoms with Crippen LogP contribution in [0.1, 0.15) is 19.3 Å². The highest BCUT2D eigenvalue weighted by Crippen LogP contribution is 2.32. The zero-order chi connectivity index (χ0) is 18.2. The molecule has 0 bridgehead atoms. The van der Waals surface area contributed by atoms with E-state index in [2.05, 4.69) is 32.0 Å². The summed E-state index contributed by atoms with van der Waals surface area (Å²) in [5.74, 6) is 0.521. The van der Waals surface area contributed by atoms with Crippen LogP contribution in [0.5, 0.6) is 0 Å². The predicted molar refractivity (Wildman–Crippen MR) is 110 cm³/mol. The Kier molecular flexibility index (Phi) is 4.21. The zero-order valence-electron chi connectivity index (χ0n) is 14.9. The second-order valence-electron chi connectivity index (χ2n) is 6.92. The first kappa shape index (κ1) is 16.6. The van der Waals surface area contributed by atoms with Crippen molar-refractivity contribution >= 4 is 39.6 Å². The number of nitrogen functional groups attached to an aromatic ring is 1. The van der Waals surface area contributed by atoms with E-state index in [-0.39, 0.29) is 0 Å². The number of nitrogens with one attached hydrogen (secondary N) is 2. The summed E-state index contributed by atoms with van der Waals surface area (Å²) in [6, 6.07) is 8.08. The molecule has 7 nitrogen and oxygen atoms in total. The Morgan fingerprint density at radius 2 is 2.19 bits per heavy atom. The topological polar surface area (TPSA) is 97.4 Å². The first-order valence-corrected chi connectivity index (χ1v) is 10.1. The lowest BCUT2D eigenvalue weighted by molar-refractivity contribution is 0.583. The second-order valence-corrected chi connectivity index (χ2v) is 8.11. The average Bonchev–Trinajstić information content (AvgIpc) is 3.17. The van der Waals surface area contributed by atoms with E-state index >= 15 is 0 Å². The maximum atomic E-state index is 6.22. The van der Waals surface area contributed by atoms with Gasteiger partial charge >= 0.3 is 0 Å². The maximum Gasteiger partial charge on any atom is 0.135 e. The fraction of sp³-hybridized carbons (Fsp3) is 0.316. The van der Waals surface area contributed by atoms with Crippen LogP contribution in [0.25, 0.3) is 33.1 Å². The van der Waals surface area contributed by atoms with Crippen molar-refractivity contribution in [3.63, 3.8) is 0 Å². The smallest absolute Gasteiger partial charge is 0.135 e. The molecular weight excluding hydrogens is 358 g/mol. The minimum atomic E-state index is 0.521. The van der Waals surface area contributed by atoms with E-state index in [4.69, 9.17) is 10.8 Å². The quantitative estimate of drug-likeness (QED) is 0.336. The molecule has 0 aliphatic heterocycles. The van der Waals surface area contributed by atoms with Gasteiger partial charge in [-0.05, 0) is 37.5 Å². The fourth-order valence-corrected chi connectivity index (χ4v) is 4.07. The van der Waals surface area contributed by atoms with Crippen LogP contribution in [0.15, 0.2) is 36.7 Å². The number of hydrogen-bond acceptors (Lipinski definition) is 6. The summed E-state index contributed by atoms with van der Waals surface area (Å²) < 4.78 is 5.42. The van der Waals surface area contributed by atoms with Gasteiger partial charge < -0.3 is 5.73 Å². The van der Waals surface area contributed by atoms with Crippen molar-refractivity contribution in [2.75, 3.05) is 12.3 Å². The van der Waals surface area contributed by atoms with Crippen LogP contribution in [-0.2, 0) is 6.54 Å². The molecule has 1 saturated carbocycles. The van der Waals surface area contributed by atoms with Crippen LogP contribution in [0.2, 0.25) is 0 Å². The van der Waals surface area contributed by atoms with Gasteiger partial charge in [-0.3, -0.25) is 14.5 Å². The van der Waals surface area contributed by atoms with Crippen molar-refractivity contribution in [1.29, 1.82) is 0 Å². The first-order valence-electron chi connectivity index (χ1n) is 9.22. The summed E-state index contributed by atoms with van der Waals surface area (Å²) in [7, 11) is 0. The van der Waals surface area contributed by atoms with Crippen LogP contribution in [-0.4, -0.2) is 36.8 Å². The van der Waals surface area contributed by atoms with E-state index < -0.39 is 0 Å². The van der Waals surface area contributed by atoms with Crippen LogP contribution < -0.4 is 10.5 Å². The summed E-state index contributed by atoms with van der Waals surface area (Å²) in [5, 5.41) is 14.5. The van der Waals surface area contributed by atoms with Gasteiger partial charge in [-0.1, -0.05) is 18.0 Å². The van der Waals surface area contributed by atoms with E-state index in [0.29, 0.717) is 5.82 Å². The van der Waals surface area contributed by atoms with Crippen molar-refractivity contribution in [3.05, 3.63) is 36.7 Å². The molecule has 4 N–H and O–H groups in total. The number of rotatable bonds is 7. The van der Waals surface area contributed by atoms with Crippen molar-refractivity contribution in [2.45, 2.75) is 31.1 Å². The van der Waals surface area contributed by atoms with Gasteiger partial charge in [0.25, 0.3) is 0 Å². The van der Waals surface area contributed by atoms with E-state index in [1.54, 1.807) is 6.20 Å². The van der Waals surface area contributed by atoms with Gasteiger partial charge in [0.05, 0.1) is 16.6 Å². The summed E-state index contributed by atoms with van der Waals surface area (Å²) in [5.41, 5.74) is 9.97. The van der Waals surface area contributed by atoms with Crippen molar-refractivity contribution in [1.82, 2.24) is 29.7 Å².